The molecule has 0 spiro atoms. The largest absolute Gasteiger partial charge is 0.494 e. The van der Waals surface area contributed by atoms with E-state index in [0.29, 0.717) is 23.6 Å². The molecule has 1 heterocycles. The summed E-state index contributed by atoms with van der Waals surface area (Å²) in [5.41, 5.74) is 0.919. The van der Waals surface area contributed by atoms with Crippen LogP contribution >= 0.6 is 11.7 Å². The minimum atomic E-state index is -0.415. The molecule has 1 aromatic heterocycles. The third-order valence-electron chi connectivity index (χ3n) is 2.27. The summed E-state index contributed by atoms with van der Waals surface area (Å²) in [6, 6.07) is 4.97. The van der Waals surface area contributed by atoms with Crippen LogP contribution < -0.4 is 10.1 Å². The predicted octanol–water partition coefficient (Wildman–Crippen LogP) is 2.78. The quantitative estimate of drug-likeness (QED) is 0.910. The Morgan fingerprint density at radius 1 is 1.41 bits per heavy atom. The van der Waals surface area contributed by atoms with Gasteiger partial charge in [-0.2, -0.15) is 8.75 Å². The van der Waals surface area contributed by atoms with Gasteiger partial charge in [0.25, 0.3) is 0 Å². The van der Waals surface area contributed by atoms with Crippen molar-refractivity contribution in [3.05, 3.63) is 24.0 Å². The number of aromatic nitrogens is 2. The van der Waals surface area contributed by atoms with Gasteiger partial charge in [0.15, 0.2) is 17.4 Å². The van der Waals surface area contributed by atoms with Gasteiger partial charge in [0.2, 0.25) is 0 Å². The Hall–Kier alpha value is -1.69. The van der Waals surface area contributed by atoms with Crippen LogP contribution in [0, 0.1) is 5.82 Å². The second kappa shape index (κ2) is 5.09. The number of hydrogen-bond acceptors (Lipinski definition) is 5. The highest BCUT2D eigenvalue weighted by Crippen LogP contribution is 2.32. The lowest BCUT2D eigenvalue weighted by Crippen LogP contribution is -1.99. The summed E-state index contributed by atoms with van der Waals surface area (Å²) in [6.45, 7) is 2.66. The van der Waals surface area contributed by atoms with Gasteiger partial charge in [-0.15, -0.1) is 0 Å². The van der Waals surface area contributed by atoms with Crippen molar-refractivity contribution in [2.45, 2.75) is 6.92 Å². The van der Waals surface area contributed by atoms with Crippen LogP contribution in [-0.4, -0.2) is 22.4 Å². The van der Waals surface area contributed by atoms with Gasteiger partial charge in [-0.05, 0) is 19.1 Å². The molecule has 1 aromatic carbocycles. The van der Waals surface area contributed by atoms with E-state index in [4.69, 9.17) is 4.74 Å². The molecule has 0 saturated carbocycles. The number of anilines is 1. The smallest absolute Gasteiger partial charge is 0.174 e. The average molecular weight is 253 g/mol. The molecule has 0 bridgehead atoms. The fourth-order valence-corrected chi connectivity index (χ4v) is 2.04. The molecule has 0 amide bonds. The summed E-state index contributed by atoms with van der Waals surface area (Å²) in [4.78, 5) is 0. The molecular weight excluding hydrogens is 241 g/mol. The van der Waals surface area contributed by atoms with Gasteiger partial charge in [0, 0.05) is 12.1 Å². The molecule has 4 nitrogen and oxygen atoms in total. The zero-order chi connectivity index (χ0) is 12.3. The van der Waals surface area contributed by atoms with Crippen molar-refractivity contribution in [1.29, 1.82) is 0 Å². The molecule has 0 radical (unpaired) electrons. The number of nitrogens with zero attached hydrogens (tertiary/aromatic N) is 2. The number of hydrogen-bond donors (Lipinski definition) is 1. The highest BCUT2D eigenvalue weighted by Gasteiger charge is 2.16. The minimum Gasteiger partial charge on any atom is -0.494 e. The van der Waals surface area contributed by atoms with Crippen LogP contribution in [0.1, 0.15) is 6.92 Å². The lowest BCUT2D eigenvalue weighted by Gasteiger charge is -2.06. The van der Waals surface area contributed by atoms with Crippen LogP contribution in [0.3, 0.4) is 0 Å². The first kappa shape index (κ1) is 11.8. The van der Waals surface area contributed by atoms with Crippen LogP contribution in [-0.2, 0) is 0 Å². The summed E-state index contributed by atoms with van der Waals surface area (Å²) in [6.07, 6.45) is 0. The second-order valence-electron chi connectivity index (χ2n) is 3.31. The van der Waals surface area contributed by atoms with Gasteiger partial charge >= 0.3 is 0 Å². The topological polar surface area (TPSA) is 47.0 Å². The highest BCUT2D eigenvalue weighted by molar-refractivity contribution is 6.99. The van der Waals surface area contributed by atoms with Crippen molar-refractivity contribution >= 4 is 17.5 Å². The molecular formula is C11H12FN3OS. The van der Waals surface area contributed by atoms with Crippen LogP contribution in [0.5, 0.6) is 5.75 Å². The first-order chi connectivity index (χ1) is 8.27. The third-order valence-corrected chi connectivity index (χ3v) is 2.80. The predicted molar refractivity (Wildman–Crippen MR) is 66.0 cm³/mol. The SMILES string of the molecule is CCNc1nsnc1-c1cccc(OC)c1F. The normalized spacial score (nSPS) is 10.3. The fourth-order valence-electron chi connectivity index (χ4n) is 1.50. The molecule has 1 N–H and O–H groups in total. The minimum absolute atomic E-state index is 0.206. The number of halogens is 1. The third kappa shape index (κ3) is 2.21. The molecule has 17 heavy (non-hydrogen) atoms. The monoisotopic (exact) mass is 253 g/mol. The van der Waals surface area contributed by atoms with Gasteiger partial charge in [-0.3, -0.25) is 0 Å². The molecule has 0 unspecified atom stereocenters. The number of benzene rings is 1. The molecule has 2 rings (SSSR count). The Balaban J connectivity index is 2.49. The Bertz CT molecular complexity index is 515. The highest BCUT2D eigenvalue weighted by atomic mass is 32.1. The Labute approximate surface area is 103 Å². The first-order valence-electron chi connectivity index (χ1n) is 5.17. The van der Waals surface area contributed by atoms with E-state index < -0.39 is 5.82 Å². The zero-order valence-corrected chi connectivity index (χ0v) is 10.3. The molecule has 0 fully saturated rings. The van der Waals surface area contributed by atoms with Crippen molar-refractivity contribution in [3.8, 4) is 17.0 Å². The summed E-state index contributed by atoms with van der Waals surface area (Å²) in [7, 11) is 1.44. The first-order valence-corrected chi connectivity index (χ1v) is 5.90. The van der Waals surface area contributed by atoms with Crippen LogP contribution in [0.2, 0.25) is 0 Å². The molecule has 2 aromatic rings. The maximum absolute atomic E-state index is 14.0. The molecule has 6 heteroatoms. The average Bonchev–Trinajstić information content (AvgIpc) is 2.78. The van der Waals surface area contributed by atoms with Crippen molar-refractivity contribution in [2.75, 3.05) is 19.0 Å². The van der Waals surface area contributed by atoms with E-state index in [1.54, 1.807) is 18.2 Å². The second-order valence-corrected chi connectivity index (χ2v) is 3.84. The summed E-state index contributed by atoms with van der Waals surface area (Å²) < 4.78 is 27.2. The maximum atomic E-state index is 14.0. The lowest BCUT2D eigenvalue weighted by atomic mass is 10.1. The number of ether oxygens (including phenoxy) is 1. The number of nitrogens with one attached hydrogen (secondary N) is 1. The molecule has 0 atom stereocenters. The van der Waals surface area contributed by atoms with Crippen molar-refractivity contribution in [1.82, 2.24) is 8.75 Å². The van der Waals surface area contributed by atoms with Crippen molar-refractivity contribution < 1.29 is 9.13 Å². The van der Waals surface area contributed by atoms with E-state index in [9.17, 15) is 4.39 Å². The van der Waals surface area contributed by atoms with E-state index in [1.807, 2.05) is 6.92 Å². The molecule has 90 valence electrons. The number of rotatable bonds is 4. The Morgan fingerprint density at radius 3 is 2.94 bits per heavy atom. The van der Waals surface area contributed by atoms with Crippen LogP contribution in [0.4, 0.5) is 10.2 Å². The Kier molecular flexibility index (Phi) is 3.53. The molecule has 0 aliphatic heterocycles. The van der Waals surface area contributed by atoms with Crippen molar-refractivity contribution in [2.24, 2.45) is 0 Å². The van der Waals surface area contributed by atoms with E-state index in [2.05, 4.69) is 14.1 Å². The molecule has 0 aliphatic carbocycles. The standard InChI is InChI=1S/C11H12FN3OS/c1-3-13-11-10(14-17-15-11)7-5-4-6-8(16-2)9(7)12/h4-6H,3H2,1-2H3,(H,13,15). The van der Waals surface area contributed by atoms with Gasteiger partial charge in [0.1, 0.15) is 5.69 Å². The van der Waals surface area contributed by atoms with E-state index in [0.717, 1.165) is 11.7 Å². The summed E-state index contributed by atoms with van der Waals surface area (Å²) in [5, 5.41) is 3.05. The van der Waals surface area contributed by atoms with Crippen molar-refractivity contribution in [3.63, 3.8) is 0 Å². The summed E-state index contributed by atoms with van der Waals surface area (Å²) in [5.74, 6) is 0.393. The lowest BCUT2D eigenvalue weighted by molar-refractivity contribution is 0.387. The Morgan fingerprint density at radius 2 is 2.24 bits per heavy atom. The van der Waals surface area contributed by atoms with Crippen LogP contribution in [0.25, 0.3) is 11.3 Å². The summed E-state index contributed by atoms with van der Waals surface area (Å²) >= 11 is 1.05. The molecule has 0 aliphatic rings. The zero-order valence-electron chi connectivity index (χ0n) is 9.53. The van der Waals surface area contributed by atoms with Gasteiger partial charge in [-0.1, -0.05) is 6.07 Å². The maximum Gasteiger partial charge on any atom is 0.174 e. The van der Waals surface area contributed by atoms with Gasteiger partial charge < -0.3 is 10.1 Å². The number of methoxy groups -OCH3 is 1. The van der Waals surface area contributed by atoms with Crippen LogP contribution in [0.15, 0.2) is 18.2 Å². The van der Waals surface area contributed by atoms with E-state index in [-0.39, 0.29) is 5.75 Å². The van der Waals surface area contributed by atoms with E-state index >= 15 is 0 Å². The van der Waals surface area contributed by atoms with Gasteiger partial charge in [-0.25, -0.2) is 4.39 Å². The van der Waals surface area contributed by atoms with E-state index in [1.165, 1.54) is 7.11 Å². The fraction of sp³-hybridized carbons (Fsp3) is 0.273. The molecule has 0 saturated heterocycles. The van der Waals surface area contributed by atoms with Gasteiger partial charge in [0.05, 0.1) is 18.8 Å².